The number of likely N-dealkylation sites (tertiary alicyclic amines) is 1. The smallest absolute Gasteiger partial charge is 0.241 e. The van der Waals surface area contributed by atoms with Crippen molar-refractivity contribution in [1.82, 2.24) is 15.8 Å². The van der Waals surface area contributed by atoms with Crippen molar-refractivity contribution >= 4 is 21.8 Å². The fraction of sp³-hybridized carbons (Fsp3) is 0.562. The molecule has 0 radical (unpaired) electrons. The van der Waals surface area contributed by atoms with Gasteiger partial charge in [0.1, 0.15) is 6.04 Å². The van der Waals surface area contributed by atoms with Crippen molar-refractivity contribution in [3.8, 4) is 0 Å². The molecule has 0 aromatic heterocycles. The molecule has 4 nitrogen and oxygen atoms in total. The first-order chi connectivity index (χ1) is 10.1. The maximum atomic E-state index is 12.6. The monoisotopic (exact) mass is 351 g/mol. The third kappa shape index (κ3) is 3.47. The van der Waals surface area contributed by atoms with E-state index in [9.17, 15) is 4.79 Å². The van der Waals surface area contributed by atoms with Crippen LogP contribution in [0.5, 0.6) is 0 Å². The molecule has 0 aliphatic carbocycles. The molecule has 2 atom stereocenters. The quantitative estimate of drug-likeness (QED) is 0.860. The molecular weight excluding hydrogens is 330 g/mol. The predicted octanol–water partition coefficient (Wildman–Crippen LogP) is 2.62. The molecule has 1 amide bonds. The molecule has 3 rings (SSSR count). The fourth-order valence-electron chi connectivity index (χ4n) is 3.08. The number of hydrogen-bond donors (Lipinski definition) is 2. The van der Waals surface area contributed by atoms with Crippen LogP contribution in [0.2, 0.25) is 0 Å². The van der Waals surface area contributed by atoms with Gasteiger partial charge in [0.2, 0.25) is 5.91 Å². The lowest BCUT2D eigenvalue weighted by Gasteiger charge is -2.32. The Labute approximate surface area is 134 Å². The maximum Gasteiger partial charge on any atom is 0.241 e. The normalized spacial score (nSPS) is 27.0. The van der Waals surface area contributed by atoms with Crippen LogP contribution in [0.3, 0.4) is 0 Å². The van der Waals surface area contributed by atoms with E-state index >= 15 is 0 Å². The van der Waals surface area contributed by atoms with Gasteiger partial charge in [0, 0.05) is 23.6 Å². The average molecular weight is 352 g/mol. The minimum absolute atomic E-state index is 0.105. The van der Waals surface area contributed by atoms with E-state index in [0.717, 1.165) is 42.7 Å². The Morgan fingerprint density at radius 3 is 2.52 bits per heavy atom. The lowest BCUT2D eigenvalue weighted by Crippen LogP contribution is -2.48. The number of carbonyl (C=O) groups is 1. The highest BCUT2D eigenvalue weighted by Crippen LogP contribution is 2.25. The summed E-state index contributed by atoms with van der Waals surface area (Å²) in [5.74, 6) is 0.994. The second-order valence-corrected chi connectivity index (χ2v) is 7.10. The number of benzene rings is 1. The van der Waals surface area contributed by atoms with Crippen molar-refractivity contribution < 1.29 is 4.79 Å². The molecule has 2 aliphatic rings. The number of nitrogens with zero attached hydrogens (tertiary/aromatic N) is 1. The van der Waals surface area contributed by atoms with E-state index in [-0.39, 0.29) is 18.0 Å². The van der Waals surface area contributed by atoms with Crippen LogP contribution >= 0.6 is 15.9 Å². The number of hydrazine groups is 1. The Bertz CT molecular complexity index is 497. The topological polar surface area (TPSA) is 44.4 Å². The first kappa shape index (κ1) is 15.0. The molecule has 2 heterocycles. The number of piperidine rings is 1. The summed E-state index contributed by atoms with van der Waals surface area (Å²) in [7, 11) is 0. The Kier molecular flexibility index (Phi) is 4.62. The van der Waals surface area contributed by atoms with Gasteiger partial charge in [0.25, 0.3) is 0 Å². The van der Waals surface area contributed by atoms with Crippen molar-refractivity contribution in [2.75, 3.05) is 13.1 Å². The number of hydrogen-bond acceptors (Lipinski definition) is 3. The zero-order valence-electron chi connectivity index (χ0n) is 12.3. The molecular formula is C16H22BrN3O. The molecule has 0 saturated carbocycles. The largest absolute Gasteiger partial charge is 0.341 e. The predicted molar refractivity (Wildman–Crippen MR) is 86.5 cm³/mol. The number of amides is 1. The highest BCUT2D eigenvalue weighted by atomic mass is 79.9. The van der Waals surface area contributed by atoms with Crippen molar-refractivity contribution in [3.63, 3.8) is 0 Å². The zero-order valence-corrected chi connectivity index (χ0v) is 13.9. The third-order valence-corrected chi connectivity index (χ3v) is 5.10. The summed E-state index contributed by atoms with van der Waals surface area (Å²) in [6.07, 6.45) is 3.07. The Balaban J connectivity index is 1.59. The molecule has 114 valence electrons. The summed E-state index contributed by atoms with van der Waals surface area (Å²) in [6.45, 7) is 4.07. The van der Waals surface area contributed by atoms with E-state index in [4.69, 9.17) is 0 Å². The van der Waals surface area contributed by atoms with Gasteiger partial charge in [-0.05, 0) is 42.9 Å². The minimum Gasteiger partial charge on any atom is -0.341 e. The standard InChI is InChI=1S/C16H22BrN3O/c1-11-6-8-20(9-7-11)16(21)15-10-14(18-19-15)12-2-4-13(17)5-3-12/h2-5,11,14-15,18-19H,6-10H2,1H3. The number of rotatable bonds is 2. The van der Waals surface area contributed by atoms with E-state index in [1.807, 2.05) is 17.0 Å². The number of carbonyl (C=O) groups excluding carboxylic acids is 1. The molecule has 2 saturated heterocycles. The lowest BCUT2D eigenvalue weighted by molar-refractivity contribution is -0.134. The first-order valence-electron chi connectivity index (χ1n) is 7.69. The van der Waals surface area contributed by atoms with Crippen molar-refractivity contribution in [3.05, 3.63) is 34.3 Å². The van der Waals surface area contributed by atoms with Crippen LogP contribution in [0.4, 0.5) is 0 Å². The van der Waals surface area contributed by atoms with Gasteiger partial charge >= 0.3 is 0 Å². The van der Waals surface area contributed by atoms with E-state index in [0.29, 0.717) is 0 Å². The Morgan fingerprint density at radius 2 is 1.86 bits per heavy atom. The van der Waals surface area contributed by atoms with E-state index < -0.39 is 0 Å². The van der Waals surface area contributed by atoms with Crippen LogP contribution in [-0.2, 0) is 4.79 Å². The summed E-state index contributed by atoms with van der Waals surface area (Å²) >= 11 is 3.45. The highest BCUT2D eigenvalue weighted by Gasteiger charge is 2.33. The maximum absolute atomic E-state index is 12.6. The van der Waals surface area contributed by atoms with Gasteiger partial charge in [-0.15, -0.1) is 0 Å². The van der Waals surface area contributed by atoms with E-state index in [1.54, 1.807) is 0 Å². The summed E-state index contributed by atoms with van der Waals surface area (Å²) < 4.78 is 1.08. The zero-order chi connectivity index (χ0) is 14.8. The summed E-state index contributed by atoms with van der Waals surface area (Å²) in [5, 5.41) is 0. The van der Waals surface area contributed by atoms with Gasteiger partial charge in [0.15, 0.2) is 0 Å². The number of nitrogens with one attached hydrogen (secondary N) is 2. The van der Waals surface area contributed by atoms with E-state index in [2.05, 4.69) is 45.8 Å². The van der Waals surface area contributed by atoms with Crippen molar-refractivity contribution in [2.24, 2.45) is 5.92 Å². The summed E-state index contributed by atoms with van der Waals surface area (Å²) in [5.41, 5.74) is 7.65. The van der Waals surface area contributed by atoms with E-state index in [1.165, 1.54) is 5.56 Å². The summed E-state index contributed by atoms with van der Waals surface area (Å²) in [4.78, 5) is 14.6. The molecule has 0 bridgehead atoms. The van der Waals surface area contributed by atoms with Gasteiger partial charge in [-0.2, -0.15) is 0 Å². The van der Waals surface area contributed by atoms with Crippen molar-refractivity contribution in [2.45, 2.75) is 38.3 Å². The fourth-order valence-corrected chi connectivity index (χ4v) is 3.35. The van der Waals surface area contributed by atoms with Crippen LogP contribution in [-0.4, -0.2) is 29.9 Å². The van der Waals surface area contributed by atoms with Gasteiger partial charge in [-0.3, -0.25) is 4.79 Å². The lowest BCUT2D eigenvalue weighted by atomic mass is 9.97. The second kappa shape index (κ2) is 6.46. The molecule has 0 spiro atoms. The Morgan fingerprint density at radius 1 is 1.19 bits per heavy atom. The number of halogens is 1. The van der Waals surface area contributed by atoms with Crippen LogP contribution < -0.4 is 10.9 Å². The van der Waals surface area contributed by atoms with Gasteiger partial charge in [0.05, 0.1) is 0 Å². The Hall–Kier alpha value is -0.910. The van der Waals surface area contributed by atoms with Crippen molar-refractivity contribution in [1.29, 1.82) is 0 Å². The molecule has 21 heavy (non-hydrogen) atoms. The molecule has 1 aromatic rings. The summed E-state index contributed by atoms with van der Waals surface area (Å²) in [6, 6.07) is 8.37. The minimum atomic E-state index is -0.105. The second-order valence-electron chi connectivity index (χ2n) is 6.19. The van der Waals surface area contributed by atoms with Crippen LogP contribution in [0, 0.1) is 5.92 Å². The molecule has 2 N–H and O–H groups in total. The van der Waals surface area contributed by atoms with Crippen LogP contribution in [0.15, 0.2) is 28.7 Å². The SMILES string of the molecule is CC1CCN(C(=O)C2CC(c3ccc(Br)cc3)NN2)CC1. The van der Waals surface area contributed by atoms with Crippen LogP contribution in [0.25, 0.3) is 0 Å². The highest BCUT2D eigenvalue weighted by molar-refractivity contribution is 9.10. The molecule has 5 heteroatoms. The molecule has 2 aliphatic heterocycles. The van der Waals surface area contributed by atoms with Gasteiger partial charge < -0.3 is 4.90 Å². The van der Waals surface area contributed by atoms with Crippen LogP contribution in [0.1, 0.15) is 37.8 Å². The molecule has 1 aromatic carbocycles. The molecule has 2 unspecified atom stereocenters. The average Bonchev–Trinajstić information content (AvgIpc) is 2.98. The third-order valence-electron chi connectivity index (χ3n) is 4.57. The first-order valence-corrected chi connectivity index (χ1v) is 8.48. The van der Waals surface area contributed by atoms with Gasteiger partial charge in [-0.1, -0.05) is 35.0 Å². The van der Waals surface area contributed by atoms with Gasteiger partial charge in [-0.25, -0.2) is 10.9 Å². The molecule has 2 fully saturated rings.